The highest BCUT2D eigenvalue weighted by Crippen LogP contribution is 2.28. The van der Waals surface area contributed by atoms with Crippen LogP contribution in [0.1, 0.15) is 39.0 Å². The molecule has 0 bridgehead atoms. The Morgan fingerprint density at radius 3 is 2.58 bits per heavy atom. The highest BCUT2D eigenvalue weighted by molar-refractivity contribution is 5.79. The molecule has 4 heterocycles. The lowest BCUT2D eigenvalue weighted by Gasteiger charge is -2.34. The number of piperidine rings is 1. The summed E-state index contributed by atoms with van der Waals surface area (Å²) in [7, 11) is 1.64. The number of nitrogens with one attached hydrogen (secondary N) is 1. The predicted octanol–water partition coefficient (Wildman–Crippen LogP) is 3.21. The SMILES string of the molecule is COc1ccc(-c2noc(N3CCC(C(=O)NCC4CCN(C(C)C5CCOCC5)C4)CC3)n2)cc1. The van der Waals surface area contributed by atoms with Crippen LogP contribution < -0.4 is 15.0 Å². The molecule has 3 aliphatic heterocycles. The fraction of sp³-hybridized carbons (Fsp3) is 0.667. The zero-order chi connectivity index (χ0) is 24.9. The number of hydrogen-bond acceptors (Lipinski definition) is 8. The summed E-state index contributed by atoms with van der Waals surface area (Å²) in [5.41, 5.74) is 0.882. The minimum absolute atomic E-state index is 0.0453. The Morgan fingerprint density at radius 2 is 1.86 bits per heavy atom. The highest BCUT2D eigenvalue weighted by Gasteiger charge is 2.32. The van der Waals surface area contributed by atoms with E-state index < -0.39 is 0 Å². The summed E-state index contributed by atoms with van der Waals surface area (Å²) >= 11 is 0. The van der Waals surface area contributed by atoms with Gasteiger partial charge >= 0.3 is 6.01 Å². The Labute approximate surface area is 213 Å². The van der Waals surface area contributed by atoms with E-state index in [-0.39, 0.29) is 11.8 Å². The smallest absolute Gasteiger partial charge is 0.324 e. The number of rotatable bonds is 8. The first-order valence-corrected chi connectivity index (χ1v) is 13.4. The second-order valence-electron chi connectivity index (χ2n) is 10.5. The molecule has 0 radical (unpaired) electrons. The van der Waals surface area contributed by atoms with Crippen LogP contribution in [-0.2, 0) is 9.53 Å². The van der Waals surface area contributed by atoms with Crippen LogP contribution in [0.4, 0.5) is 6.01 Å². The van der Waals surface area contributed by atoms with E-state index in [4.69, 9.17) is 14.0 Å². The van der Waals surface area contributed by atoms with Gasteiger partial charge in [0.25, 0.3) is 0 Å². The van der Waals surface area contributed by atoms with Gasteiger partial charge in [0.15, 0.2) is 0 Å². The lowest BCUT2D eigenvalue weighted by molar-refractivity contribution is -0.125. The largest absolute Gasteiger partial charge is 0.497 e. The third-order valence-corrected chi connectivity index (χ3v) is 8.31. The van der Waals surface area contributed by atoms with E-state index in [9.17, 15) is 4.79 Å². The van der Waals surface area contributed by atoms with Crippen LogP contribution in [0.3, 0.4) is 0 Å². The normalized spacial score (nSPS) is 23.1. The van der Waals surface area contributed by atoms with Gasteiger partial charge in [-0.2, -0.15) is 4.98 Å². The number of ether oxygens (including phenoxy) is 2. The molecule has 1 aromatic heterocycles. The summed E-state index contributed by atoms with van der Waals surface area (Å²) in [6, 6.07) is 8.72. The number of aromatic nitrogens is 2. The molecule has 1 N–H and O–H groups in total. The van der Waals surface area contributed by atoms with Crippen LogP contribution in [0, 0.1) is 17.8 Å². The molecule has 3 fully saturated rings. The van der Waals surface area contributed by atoms with E-state index in [2.05, 4.69) is 32.2 Å². The Morgan fingerprint density at radius 1 is 1.11 bits per heavy atom. The lowest BCUT2D eigenvalue weighted by atomic mass is 9.92. The van der Waals surface area contributed by atoms with Gasteiger partial charge in [-0.25, -0.2) is 0 Å². The Bertz CT molecular complexity index is 982. The molecule has 3 saturated heterocycles. The van der Waals surface area contributed by atoms with Gasteiger partial charge in [-0.3, -0.25) is 4.79 Å². The molecule has 3 aliphatic rings. The van der Waals surface area contributed by atoms with Gasteiger partial charge in [0.2, 0.25) is 11.7 Å². The Kier molecular flexibility index (Phi) is 8.06. The van der Waals surface area contributed by atoms with Crippen molar-refractivity contribution < 1.29 is 18.8 Å². The van der Waals surface area contributed by atoms with Crippen molar-refractivity contribution in [2.24, 2.45) is 17.8 Å². The van der Waals surface area contributed by atoms with E-state index in [0.717, 1.165) is 76.0 Å². The molecule has 1 amide bonds. The van der Waals surface area contributed by atoms with Gasteiger partial charge in [0, 0.05) is 56.9 Å². The quantitative estimate of drug-likeness (QED) is 0.594. The summed E-state index contributed by atoms with van der Waals surface area (Å²) in [6.45, 7) is 8.66. The molecule has 0 saturated carbocycles. The molecule has 1 aromatic carbocycles. The lowest BCUT2D eigenvalue weighted by Crippen LogP contribution is -2.42. The van der Waals surface area contributed by atoms with Gasteiger partial charge in [0.1, 0.15) is 5.75 Å². The van der Waals surface area contributed by atoms with Crippen molar-refractivity contribution in [1.29, 1.82) is 0 Å². The summed E-state index contributed by atoms with van der Waals surface area (Å²) < 4.78 is 16.3. The second kappa shape index (κ2) is 11.6. The molecule has 5 rings (SSSR count). The van der Waals surface area contributed by atoms with Crippen molar-refractivity contribution in [3.8, 4) is 17.1 Å². The van der Waals surface area contributed by atoms with Crippen LogP contribution in [0.15, 0.2) is 28.8 Å². The molecule has 2 aromatic rings. The molecular formula is C27H39N5O4. The molecular weight excluding hydrogens is 458 g/mol. The predicted molar refractivity (Wildman–Crippen MR) is 137 cm³/mol. The molecule has 2 unspecified atom stereocenters. The molecule has 2 atom stereocenters. The number of hydrogen-bond donors (Lipinski definition) is 1. The highest BCUT2D eigenvalue weighted by atomic mass is 16.5. The van der Waals surface area contributed by atoms with Gasteiger partial charge in [-0.1, -0.05) is 5.16 Å². The molecule has 9 heteroatoms. The monoisotopic (exact) mass is 497 g/mol. The fourth-order valence-corrected chi connectivity index (χ4v) is 5.82. The van der Waals surface area contributed by atoms with Crippen LogP contribution in [-0.4, -0.2) is 80.0 Å². The van der Waals surface area contributed by atoms with Crippen molar-refractivity contribution in [1.82, 2.24) is 20.4 Å². The third-order valence-electron chi connectivity index (χ3n) is 8.31. The first kappa shape index (κ1) is 25.0. The maximum atomic E-state index is 12.9. The Hall–Kier alpha value is -2.65. The average molecular weight is 498 g/mol. The Balaban J connectivity index is 1.04. The number of benzene rings is 1. The second-order valence-corrected chi connectivity index (χ2v) is 10.5. The van der Waals surface area contributed by atoms with Gasteiger partial charge in [-0.15, -0.1) is 0 Å². The van der Waals surface area contributed by atoms with Crippen LogP contribution in [0.5, 0.6) is 5.75 Å². The molecule has 0 aliphatic carbocycles. The van der Waals surface area contributed by atoms with E-state index in [0.29, 0.717) is 23.8 Å². The number of amides is 1. The zero-order valence-electron chi connectivity index (χ0n) is 21.5. The maximum Gasteiger partial charge on any atom is 0.324 e. The summed E-state index contributed by atoms with van der Waals surface area (Å²) in [4.78, 5) is 22.2. The topological polar surface area (TPSA) is 93.0 Å². The average Bonchev–Trinajstić information content (AvgIpc) is 3.62. The van der Waals surface area contributed by atoms with E-state index in [1.54, 1.807) is 7.11 Å². The summed E-state index contributed by atoms with van der Waals surface area (Å²) in [5, 5.41) is 7.39. The van der Waals surface area contributed by atoms with Crippen molar-refractivity contribution in [2.45, 2.75) is 45.1 Å². The maximum absolute atomic E-state index is 12.9. The minimum Gasteiger partial charge on any atom is -0.497 e. The number of nitrogens with zero attached hydrogens (tertiary/aromatic N) is 4. The first-order chi connectivity index (χ1) is 17.6. The number of anilines is 1. The van der Waals surface area contributed by atoms with Crippen molar-refractivity contribution in [2.75, 3.05) is 57.9 Å². The van der Waals surface area contributed by atoms with Gasteiger partial charge < -0.3 is 29.1 Å². The van der Waals surface area contributed by atoms with Gasteiger partial charge in [-0.05, 0) is 81.7 Å². The summed E-state index contributed by atoms with van der Waals surface area (Å²) in [6.07, 6.45) is 5.10. The first-order valence-electron chi connectivity index (χ1n) is 13.4. The van der Waals surface area contributed by atoms with Crippen LogP contribution >= 0.6 is 0 Å². The van der Waals surface area contributed by atoms with Crippen LogP contribution in [0.2, 0.25) is 0 Å². The number of likely N-dealkylation sites (tertiary alicyclic amines) is 1. The third kappa shape index (κ3) is 5.83. The number of carbonyl (C=O) groups excluding carboxylic acids is 1. The standard InChI is InChI=1S/C27H39N5O4/c1-19(21-10-15-35-16-11-21)32-12-7-20(18-32)17-28-26(33)23-8-13-31(14-9-23)27-29-25(30-36-27)22-3-5-24(34-2)6-4-22/h3-6,19-21,23H,7-18H2,1-2H3,(H,28,33). The van der Waals surface area contributed by atoms with Gasteiger partial charge in [0.05, 0.1) is 7.11 Å². The molecule has 36 heavy (non-hydrogen) atoms. The van der Waals surface area contributed by atoms with E-state index >= 15 is 0 Å². The number of carbonyl (C=O) groups is 1. The van der Waals surface area contributed by atoms with Crippen LogP contribution in [0.25, 0.3) is 11.4 Å². The summed E-state index contributed by atoms with van der Waals surface area (Å²) in [5.74, 6) is 2.87. The van der Waals surface area contributed by atoms with Crippen molar-refractivity contribution in [3.05, 3.63) is 24.3 Å². The molecule has 196 valence electrons. The van der Waals surface area contributed by atoms with Crippen molar-refractivity contribution >= 4 is 11.9 Å². The fourth-order valence-electron chi connectivity index (χ4n) is 5.82. The molecule has 0 spiro atoms. The number of methoxy groups -OCH3 is 1. The minimum atomic E-state index is 0.0453. The van der Waals surface area contributed by atoms with Crippen molar-refractivity contribution in [3.63, 3.8) is 0 Å². The zero-order valence-corrected chi connectivity index (χ0v) is 21.5. The van der Waals surface area contributed by atoms with E-state index in [1.807, 2.05) is 24.3 Å². The molecule has 9 nitrogen and oxygen atoms in total. The van der Waals surface area contributed by atoms with E-state index in [1.165, 1.54) is 19.3 Å².